The van der Waals surface area contributed by atoms with Crippen molar-refractivity contribution in [1.82, 2.24) is 0 Å². The molecule has 100 valence electrons. The molecule has 2 N–H and O–H groups in total. The number of hydrogen-bond acceptors (Lipinski definition) is 2. The van der Waals surface area contributed by atoms with Gasteiger partial charge in [0, 0.05) is 6.42 Å². The highest BCUT2D eigenvalue weighted by Crippen LogP contribution is 2.19. The van der Waals surface area contributed by atoms with E-state index in [1.165, 1.54) is 0 Å². The van der Waals surface area contributed by atoms with Crippen molar-refractivity contribution >= 4 is 11.9 Å². The molecule has 0 spiro atoms. The maximum absolute atomic E-state index is 11.0. The van der Waals surface area contributed by atoms with E-state index in [2.05, 4.69) is 0 Å². The van der Waals surface area contributed by atoms with E-state index in [1.54, 1.807) is 0 Å². The number of hydrogen-bond donors (Lipinski definition) is 2. The van der Waals surface area contributed by atoms with E-state index in [0.29, 0.717) is 18.8 Å². The lowest BCUT2D eigenvalue weighted by Gasteiger charge is -2.14. The second kappa shape index (κ2) is 9.02. The Hall–Kier alpha value is -1.06. The predicted molar refractivity (Wildman–Crippen MR) is 65.9 cm³/mol. The number of aliphatic carboxylic acids is 2. The smallest absolute Gasteiger partial charge is 0.306 e. The van der Waals surface area contributed by atoms with Crippen LogP contribution in [-0.4, -0.2) is 22.2 Å². The third kappa shape index (κ3) is 9.85. The van der Waals surface area contributed by atoms with Crippen LogP contribution in [0.15, 0.2) is 0 Å². The van der Waals surface area contributed by atoms with Crippen LogP contribution in [0.3, 0.4) is 0 Å². The fraction of sp³-hybridized carbons (Fsp3) is 0.846. The maximum Gasteiger partial charge on any atom is 0.306 e. The summed E-state index contributed by atoms with van der Waals surface area (Å²) in [6.07, 6.45) is 5.02. The Bertz CT molecular complexity index is 236. The van der Waals surface area contributed by atoms with Gasteiger partial charge in [0.25, 0.3) is 0 Å². The first-order chi connectivity index (χ1) is 7.93. The Labute approximate surface area is 103 Å². The van der Waals surface area contributed by atoms with E-state index < -0.39 is 11.9 Å². The van der Waals surface area contributed by atoms with Crippen molar-refractivity contribution in [3.8, 4) is 0 Å². The van der Waals surface area contributed by atoms with Gasteiger partial charge in [0.05, 0.1) is 5.92 Å². The van der Waals surface area contributed by atoms with E-state index in [0.717, 1.165) is 25.7 Å². The normalized spacial score (nSPS) is 12.6. The van der Waals surface area contributed by atoms with Crippen LogP contribution >= 0.6 is 0 Å². The van der Waals surface area contributed by atoms with Crippen molar-refractivity contribution in [3.63, 3.8) is 0 Å². The summed E-state index contributed by atoms with van der Waals surface area (Å²) < 4.78 is 0. The zero-order chi connectivity index (χ0) is 13.3. The van der Waals surface area contributed by atoms with E-state index >= 15 is 0 Å². The molecule has 17 heavy (non-hydrogen) atoms. The molecular weight excluding hydrogens is 220 g/mol. The Morgan fingerprint density at radius 3 is 2.06 bits per heavy atom. The first-order valence-electron chi connectivity index (χ1n) is 6.38. The number of rotatable bonds is 10. The van der Waals surface area contributed by atoms with Crippen LogP contribution in [0.5, 0.6) is 0 Å². The van der Waals surface area contributed by atoms with Gasteiger partial charge in [-0.2, -0.15) is 0 Å². The van der Waals surface area contributed by atoms with Crippen LogP contribution in [-0.2, 0) is 9.59 Å². The lowest BCUT2D eigenvalue weighted by Crippen LogP contribution is -2.15. The first-order valence-corrected chi connectivity index (χ1v) is 6.38. The summed E-state index contributed by atoms with van der Waals surface area (Å²) in [5.41, 5.74) is 0. The molecule has 0 fully saturated rings. The summed E-state index contributed by atoms with van der Waals surface area (Å²) in [4.78, 5) is 21.2. The molecule has 0 bridgehead atoms. The third-order valence-electron chi connectivity index (χ3n) is 2.80. The van der Waals surface area contributed by atoms with Crippen molar-refractivity contribution in [3.05, 3.63) is 0 Å². The molecule has 0 saturated heterocycles. The quantitative estimate of drug-likeness (QED) is 0.579. The lowest BCUT2D eigenvalue weighted by molar-refractivity contribution is -0.142. The van der Waals surface area contributed by atoms with E-state index in [4.69, 9.17) is 10.2 Å². The van der Waals surface area contributed by atoms with Crippen LogP contribution in [0.4, 0.5) is 0 Å². The van der Waals surface area contributed by atoms with Crippen LogP contribution in [0.1, 0.15) is 58.8 Å². The average molecular weight is 244 g/mol. The SMILES string of the molecule is CC(C)CC(CCCCCCC(=O)O)C(=O)O. The zero-order valence-corrected chi connectivity index (χ0v) is 10.8. The maximum atomic E-state index is 11.0. The second-order valence-corrected chi connectivity index (χ2v) is 5.01. The van der Waals surface area contributed by atoms with Crippen molar-refractivity contribution < 1.29 is 19.8 Å². The van der Waals surface area contributed by atoms with Gasteiger partial charge < -0.3 is 10.2 Å². The van der Waals surface area contributed by atoms with Gasteiger partial charge in [0.15, 0.2) is 0 Å². The molecule has 0 radical (unpaired) electrons. The van der Waals surface area contributed by atoms with Gasteiger partial charge in [0.1, 0.15) is 0 Å². The Morgan fingerprint density at radius 2 is 1.59 bits per heavy atom. The third-order valence-corrected chi connectivity index (χ3v) is 2.80. The Balaban J connectivity index is 3.61. The van der Waals surface area contributed by atoms with Crippen molar-refractivity contribution in [2.75, 3.05) is 0 Å². The summed E-state index contributed by atoms with van der Waals surface area (Å²) in [5.74, 6) is -1.30. The van der Waals surface area contributed by atoms with Crippen molar-refractivity contribution in [1.29, 1.82) is 0 Å². The molecule has 0 amide bonds. The number of carboxylic acid groups (broad SMARTS) is 2. The van der Waals surface area contributed by atoms with Crippen LogP contribution in [0.2, 0.25) is 0 Å². The van der Waals surface area contributed by atoms with Crippen LogP contribution in [0, 0.1) is 11.8 Å². The molecule has 0 heterocycles. The molecule has 0 rings (SSSR count). The number of unbranched alkanes of at least 4 members (excludes halogenated alkanes) is 3. The molecule has 0 aromatic carbocycles. The van der Waals surface area contributed by atoms with Crippen molar-refractivity contribution in [2.45, 2.75) is 58.8 Å². The minimum absolute atomic E-state index is 0.217. The highest BCUT2D eigenvalue weighted by molar-refractivity contribution is 5.69. The molecule has 0 saturated carbocycles. The molecule has 0 aliphatic rings. The van der Waals surface area contributed by atoms with Crippen molar-refractivity contribution in [2.24, 2.45) is 11.8 Å². The second-order valence-electron chi connectivity index (χ2n) is 5.01. The van der Waals surface area contributed by atoms with E-state index in [9.17, 15) is 9.59 Å². The molecule has 0 aromatic heterocycles. The first kappa shape index (κ1) is 15.9. The summed E-state index contributed by atoms with van der Waals surface area (Å²) >= 11 is 0. The minimum Gasteiger partial charge on any atom is -0.481 e. The molecule has 0 aliphatic heterocycles. The number of carboxylic acids is 2. The predicted octanol–water partition coefficient (Wildman–Crippen LogP) is 3.16. The molecule has 0 aliphatic carbocycles. The fourth-order valence-electron chi connectivity index (χ4n) is 1.93. The van der Waals surface area contributed by atoms with E-state index in [-0.39, 0.29) is 12.3 Å². The van der Waals surface area contributed by atoms with Gasteiger partial charge in [-0.25, -0.2) is 0 Å². The Kier molecular flexibility index (Phi) is 8.46. The summed E-state index contributed by atoms with van der Waals surface area (Å²) in [7, 11) is 0. The molecular formula is C13H24O4. The standard InChI is InChI=1S/C13H24O4/c1-10(2)9-11(13(16)17)7-5-3-4-6-8-12(14)15/h10-11H,3-9H2,1-2H3,(H,14,15)(H,16,17). The largest absolute Gasteiger partial charge is 0.481 e. The Morgan fingerprint density at radius 1 is 1.00 bits per heavy atom. The lowest BCUT2D eigenvalue weighted by atomic mass is 9.92. The van der Waals surface area contributed by atoms with Gasteiger partial charge in [0.2, 0.25) is 0 Å². The monoisotopic (exact) mass is 244 g/mol. The fourth-order valence-corrected chi connectivity index (χ4v) is 1.93. The summed E-state index contributed by atoms with van der Waals surface area (Å²) in [6, 6.07) is 0. The van der Waals surface area contributed by atoms with Crippen LogP contribution < -0.4 is 0 Å². The van der Waals surface area contributed by atoms with Gasteiger partial charge in [-0.05, 0) is 25.2 Å². The topological polar surface area (TPSA) is 74.6 Å². The molecule has 4 heteroatoms. The molecule has 4 nitrogen and oxygen atoms in total. The average Bonchev–Trinajstić information content (AvgIpc) is 2.20. The van der Waals surface area contributed by atoms with Gasteiger partial charge in [-0.3, -0.25) is 9.59 Å². The minimum atomic E-state index is -0.756. The molecule has 1 atom stereocenters. The number of carbonyl (C=O) groups is 2. The van der Waals surface area contributed by atoms with E-state index in [1.807, 2.05) is 13.8 Å². The highest BCUT2D eigenvalue weighted by Gasteiger charge is 2.17. The van der Waals surface area contributed by atoms with Crippen LogP contribution in [0.25, 0.3) is 0 Å². The van der Waals surface area contributed by atoms with Gasteiger partial charge >= 0.3 is 11.9 Å². The zero-order valence-electron chi connectivity index (χ0n) is 10.8. The highest BCUT2D eigenvalue weighted by atomic mass is 16.4. The summed E-state index contributed by atoms with van der Waals surface area (Å²) in [6.45, 7) is 4.06. The molecule has 0 aromatic rings. The van der Waals surface area contributed by atoms with Gasteiger partial charge in [-0.1, -0.05) is 33.1 Å². The molecule has 1 unspecified atom stereocenters. The van der Waals surface area contributed by atoms with Gasteiger partial charge in [-0.15, -0.1) is 0 Å². The summed E-state index contributed by atoms with van der Waals surface area (Å²) in [5, 5.41) is 17.5.